The lowest BCUT2D eigenvalue weighted by Crippen LogP contribution is -2.36. The molecular weight excluding hydrogens is 302 g/mol. The van der Waals surface area contributed by atoms with E-state index in [0.29, 0.717) is 23.9 Å². The summed E-state index contributed by atoms with van der Waals surface area (Å²) in [5, 5.41) is 18.9. The summed E-state index contributed by atoms with van der Waals surface area (Å²) in [7, 11) is 1.79. The monoisotopic (exact) mass is 321 g/mol. The standard InChI is InChI=1S/C14H19N5O2S/c1-3-11-12(19(20)21)14(17(2)16-11)18-7-4-5-10(9-18)13-15-6-8-22-13/h6,8,10H,3-5,7,9H2,1-2H3. The van der Waals surface area contributed by atoms with E-state index in [1.54, 1.807) is 23.1 Å². The zero-order chi connectivity index (χ0) is 15.7. The number of aryl methyl sites for hydroxylation is 2. The van der Waals surface area contributed by atoms with E-state index in [9.17, 15) is 10.1 Å². The van der Waals surface area contributed by atoms with E-state index in [4.69, 9.17) is 0 Å². The maximum Gasteiger partial charge on any atom is 0.334 e. The molecule has 1 atom stereocenters. The summed E-state index contributed by atoms with van der Waals surface area (Å²) >= 11 is 1.66. The molecule has 0 amide bonds. The molecule has 2 aromatic heterocycles. The number of thiazole rings is 1. The molecule has 22 heavy (non-hydrogen) atoms. The van der Waals surface area contributed by atoms with Gasteiger partial charge in [-0.3, -0.25) is 10.1 Å². The molecule has 0 aromatic carbocycles. The highest BCUT2D eigenvalue weighted by molar-refractivity contribution is 7.09. The molecule has 0 bridgehead atoms. The third kappa shape index (κ3) is 2.58. The van der Waals surface area contributed by atoms with Crippen LogP contribution in [0.4, 0.5) is 11.5 Å². The molecule has 1 unspecified atom stereocenters. The molecule has 8 heteroatoms. The molecular formula is C14H19N5O2S. The van der Waals surface area contributed by atoms with E-state index < -0.39 is 0 Å². The predicted octanol–water partition coefficient (Wildman–Crippen LogP) is 2.73. The Balaban J connectivity index is 1.93. The summed E-state index contributed by atoms with van der Waals surface area (Å²) in [5.41, 5.74) is 0.712. The number of hydrogen-bond acceptors (Lipinski definition) is 6. The normalized spacial score (nSPS) is 18.6. The number of nitrogens with zero attached hydrogens (tertiary/aromatic N) is 5. The van der Waals surface area contributed by atoms with Gasteiger partial charge in [0.2, 0.25) is 5.82 Å². The molecule has 0 radical (unpaired) electrons. The minimum absolute atomic E-state index is 0.157. The first-order chi connectivity index (χ1) is 10.6. The lowest BCUT2D eigenvalue weighted by atomic mass is 9.98. The van der Waals surface area contributed by atoms with Crippen molar-refractivity contribution in [3.63, 3.8) is 0 Å². The molecule has 0 aliphatic carbocycles. The SMILES string of the molecule is CCc1nn(C)c(N2CCCC(c3nccs3)C2)c1[N+](=O)[O-]. The third-order valence-electron chi connectivity index (χ3n) is 4.10. The molecule has 3 heterocycles. The highest BCUT2D eigenvalue weighted by Gasteiger charge is 2.33. The van der Waals surface area contributed by atoms with Crippen LogP contribution in [0.3, 0.4) is 0 Å². The zero-order valence-electron chi connectivity index (χ0n) is 12.7. The van der Waals surface area contributed by atoms with Crippen LogP contribution in [0.1, 0.15) is 36.4 Å². The number of aromatic nitrogens is 3. The minimum Gasteiger partial charge on any atom is -0.350 e. The van der Waals surface area contributed by atoms with Gasteiger partial charge in [-0.25, -0.2) is 9.67 Å². The minimum atomic E-state index is -0.297. The van der Waals surface area contributed by atoms with Crippen molar-refractivity contribution in [2.45, 2.75) is 32.1 Å². The van der Waals surface area contributed by atoms with Gasteiger partial charge in [-0.2, -0.15) is 5.10 Å². The van der Waals surface area contributed by atoms with E-state index in [0.717, 1.165) is 30.9 Å². The van der Waals surface area contributed by atoms with E-state index in [-0.39, 0.29) is 10.6 Å². The van der Waals surface area contributed by atoms with Gasteiger partial charge in [-0.15, -0.1) is 11.3 Å². The zero-order valence-corrected chi connectivity index (χ0v) is 13.5. The van der Waals surface area contributed by atoms with Crippen molar-refractivity contribution in [1.29, 1.82) is 0 Å². The summed E-state index contributed by atoms with van der Waals surface area (Å²) in [6, 6.07) is 0. The smallest absolute Gasteiger partial charge is 0.334 e. The van der Waals surface area contributed by atoms with Gasteiger partial charge in [0.25, 0.3) is 0 Å². The molecule has 118 valence electrons. The molecule has 1 aliphatic heterocycles. The second-order valence-corrected chi connectivity index (χ2v) is 6.43. The molecule has 7 nitrogen and oxygen atoms in total. The fraction of sp³-hybridized carbons (Fsp3) is 0.571. The number of hydrogen-bond donors (Lipinski definition) is 0. The van der Waals surface area contributed by atoms with Crippen LogP contribution in [0, 0.1) is 10.1 Å². The Morgan fingerprint density at radius 3 is 3.00 bits per heavy atom. The van der Waals surface area contributed by atoms with Gasteiger partial charge < -0.3 is 4.90 Å². The number of nitro groups is 1. The molecule has 1 saturated heterocycles. The fourth-order valence-electron chi connectivity index (χ4n) is 3.14. The summed E-state index contributed by atoms with van der Waals surface area (Å²) in [4.78, 5) is 17.7. The maximum atomic E-state index is 11.5. The van der Waals surface area contributed by atoms with E-state index >= 15 is 0 Å². The van der Waals surface area contributed by atoms with E-state index in [2.05, 4.69) is 15.0 Å². The molecule has 1 aliphatic rings. The van der Waals surface area contributed by atoms with Crippen molar-refractivity contribution < 1.29 is 4.92 Å². The number of rotatable bonds is 4. The van der Waals surface area contributed by atoms with Crippen LogP contribution in [0.15, 0.2) is 11.6 Å². The van der Waals surface area contributed by atoms with Crippen molar-refractivity contribution in [3.05, 3.63) is 32.4 Å². The predicted molar refractivity (Wildman–Crippen MR) is 85.5 cm³/mol. The van der Waals surface area contributed by atoms with Crippen LogP contribution in [-0.4, -0.2) is 32.8 Å². The quantitative estimate of drug-likeness (QED) is 0.639. The van der Waals surface area contributed by atoms with E-state index in [1.165, 1.54) is 0 Å². The number of piperidine rings is 1. The van der Waals surface area contributed by atoms with Crippen molar-refractivity contribution in [2.75, 3.05) is 18.0 Å². The van der Waals surface area contributed by atoms with Crippen molar-refractivity contribution in [2.24, 2.45) is 7.05 Å². The Morgan fingerprint density at radius 2 is 2.36 bits per heavy atom. The molecule has 0 spiro atoms. The second kappa shape index (κ2) is 6.04. The van der Waals surface area contributed by atoms with Gasteiger partial charge >= 0.3 is 5.69 Å². The third-order valence-corrected chi connectivity index (χ3v) is 5.04. The Labute approximate surface area is 132 Å². The summed E-state index contributed by atoms with van der Waals surface area (Å²) in [6.07, 6.45) is 4.47. The number of anilines is 1. The summed E-state index contributed by atoms with van der Waals surface area (Å²) < 4.78 is 1.65. The van der Waals surface area contributed by atoms with Crippen molar-refractivity contribution in [1.82, 2.24) is 14.8 Å². The highest BCUT2D eigenvalue weighted by Crippen LogP contribution is 2.36. The first-order valence-corrected chi connectivity index (χ1v) is 8.34. The fourth-order valence-corrected chi connectivity index (χ4v) is 3.91. The molecule has 1 fully saturated rings. The first kappa shape index (κ1) is 15.0. The van der Waals surface area contributed by atoms with Crippen LogP contribution in [0.25, 0.3) is 0 Å². The topological polar surface area (TPSA) is 77.1 Å². The van der Waals surface area contributed by atoms with E-state index in [1.807, 2.05) is 18.5 Å². The van der Waals surface area contributed by atoms with Gasteiger partial charge in [0.1, 0.15) is 5.69 Å². The lowest BCUT2D eigenvalue weighted by Gasteiger charge is -2.32. The van der Waals surface area contributed by atoms with Crippen molar-refractivity contribution in [3.8, 4) is 0 Å². The Kier molecular flexibility index (Phi) is 4.10. The Bertz CT molecular complexity index is 667. The highest BCUT2D eigenvalue weighted by atomic mass is 32.1. The van der Waals surface area contributed by atoms with Gasteiger partial charge in [0.15, 0.2) is 0 Å². The first-order valence-electron chi connectivity index (χ1n) is 7.46. The average Bonchev–Trinajstić information content (AvgIpc) is 3.14. The van der Waals surface area contributed by atoms with Gasteiger partial charge in [0.05, 0.1) is 9.93 Å². The van der Waals surface area contributed by atoms with Crippen LogP contribution >= 0.6 is 11.3 Å². The van der Waals surface area contributed by atoms with Crippen LogP contribution in [0.5, 0.6) is 0 Å². The van der Waals surface area contributed by atoms with Gasteiger partial charge in [-0.05, 0) is 19.3 Å². The molecule has 2 aromatic rings. The van der Waals surface area contributed by atoms with Gasteiger partial charge in [0, 0.05) is 37.6 Å². The van der Waals surface area contributed by atoms with Crippen LogP contribution in [0.2, 0.25) is 0 Å². The largest absolute Gasteiger partial charge is 0.350 e. The maximum absolute atomic E-state index is 11.5. The molecule has 3 rings (SSSR count). The summed E-state index contributed by atoms with van der Waals surface area (Å²) in [6.45, 7) is 3.48. The molecule has 0 saturated carbocycles. The Hall–Kier alpha value is -1.96. The summed E-state index contributed by atoms with van der Waals surface area (Å²) in [5.74, 6) is 0.969. The van der Waals surface area contributed by atoms with Crippen LogP contribution in [-0.2, 0) is 13.5 Å². The lowest BCUT2D eigenvalue weighted by molar-refractivity contribution is -0.384. The van der Waals surface area contributed by atoms with Gasteiger partial charge in [-0.1, -0.05) is 6.92 Å². The van der Waals surface area contributed by atoms with Crippen molar-refractivity contribution >= 4 is 22.8 Å². The second-order valence-electron chi connectivity index (χ2n) is 5.51. The molecule has 0 N–H and O–H groups in total. The van der Waals surface area contributed by atoms with Crippen LogP contribution < -0.4 is 4.90 Å². The average molecular weight is 321 g/mol. The Morgan fingerprint density at radius 1 is 1.55 bits per heavy atom.